The van der Waals surface area contributed by atoms with Crippen LogP contribution in [0.2, 0.25) is 0 Å². The van der Waals surface area contributed by atoms with Crippen molar-refractivity contribution in [3.05, 3.63) is 60.7 Å². The molecule has 0 nitrogen and oxygen atoms in total. The predicted molar refractivity (Wildman–Crippen MR) is 131 cm³/mol. The number of hydrogen-bond donors (Lipinski definition) is 0. The summed E-state index contributed by atoms with van der Waals surface area (Å²) in [5, 5.41) is 3.97. The van der Waals surface area contributed by atoms with Gasteiger partial charge in [0.25, 0.3) is 0 Å². The summed E-state index contributed by atoms with van der Waals surface area (Å²) in [5.41, 5.74) is 0.828. The van der Waals surface area contributed by atoms with Crippen LogP contribution in [0.25, 0.3) is 0 Å². The van der Waals surface area contributed by atoms with E-state index >= 15 is 0 Å². The minimum Gasteiger partial charge on any atom is -0.0953 e. The fraction of sp³-hybridized carbons (Fsp3) is 0.538. The van der Waals surface area contributed by atoms with Gasteiger partial charge >= 0.3 is 0 Å². The first-order valence-corrected chi connectivity index (χ1v) is 13.8. The molecule has 0 N–H and O–H groups in total. The van der Waals surface area contributed by atoms with E-state index in [2.05, 4.69) is 102 Å². The largest absolute Gasteiger partial charge is 0.0953 e. The molecular weight excluding hydrogens is 374 g/mol. The highest BCUT2D eigenvalue weighted by Gasteiger charge is 2.41. The molecule has 0 heterocycles. The Balaban J connectivity index is 1.94. The summed E-state index contributed by atoms with van der Waals surface area (Å²) < 4.78 is 0. The van der Waals surface area contributed by atoms with Gasteiger partial charge in [0.2, 0.25) is 0 Å². The van der Waals surface area contributed by atoms with Crippen LogP contribution in [-0.4, -0.2) is 22.1 Å². The van der Waals surface area contributed by atoms with Gasteiger partial charge in [0, 0.05) is 0 Å². The minimum absolute atomic E-state index is 0.0326. The topological polar surface area (TPSA) is 0 Å². The van der Waals surface area contributed by atoms with Gasteiger partial charge < -0.3 is 0 Å². The van der Waals surface area contributed by atoms with Gasteiger partial charge in [-0.2, -0.15) is 0 Å². The Morgan fingerprint density at radius 3 is 1.61 bits per heavy atom. The van der Waals surface area contributed by atoms with E-state index in [1.54, 1.807) is 10.6 Å². The zero-order valence-corrected chi connectivity index (χ0v) is 20.4. The van der Waals surface area contributed by atoms with Gasteiger partial charge in [0.1, 0.15) is 0 Å². The Kier molecular flexibility index (Phi) is 7.05. The van der Waals surface area contributed by atoms with Crippen molar-refractivity contribution >= 4 is 26.5 Å². The summed E-state index contributed by atoms with van der Waals surface area (Å²) in [5.74, 6) is 0.871. The fourth-order valence-corrected chi connectivity index (χ4v) is 12.4. The van der Waals surface area contributed by atoms with E-state index in [1.165, 1.54) is 25.4 Å². The Morgan fingerprint density at radius 2 is 1.18 bits per heavy atom. The van der Waals surface area contributed by atoms with Crippen LogP contribution < -0.4 is 10.6 Å². The lowest BCUT2D eigenvalue weighted by atomic mass is 10.1. The first-order chi connectivity index (χ1) is 13.2. The van der Waals surface area contributed by atoms with Crippen molar-refractivity contribution < 1.29 is 0 Å². The zero-order valence-electron chi connectivity index (χ0n) is 18.7. The van der Waals surface area contributed by atoms with Gasteiger partial charge in [0.05, 0.1) is 0 Å². The van der Waals surface area contributed by atoms with Crippen molar-refractivity contribution in [3.63, 3.8) is 0 Å². The molecule has 1 aliphatic rings. The molecule has 0 spiro atoms. The van der Waals surface area contributed by atoms with Crippen molar-refractivity contribution in [1.82, 2.24) is 0 Å². The summed E-state index contributed by atoms with van der Waals surface area (Å²) in [4.78, 5) is 0. The third-order valence-electron chi connectivity index (χ3n) is 6.06. The number of rotatable bonds is 5. The molecule has 0 radical (unpaired) electrons. The van der Waals surface area contributed by atoms with Crippen molar-refractivity contribution in [2.24, 2.45) is 5.92 Å². The SMILES string of the molecule is CC(C)(C)P(CC1CCCC1P(c1ccccc1)c1ccccc1)C(C)(C)C. The number of benzene rings is 2. The Labute approximate surface area is 176 Å². The van der Waals surface area contributed by atoms with Crippen LogP contribution in [0.1, 0.15) is 60.8 Å². The first kappa shape index (κ1) is 22.0. The molecule has 1 fully saturated rings. The maximum atomic E-state index is 2.48. The van der Waals surface area contributed by atoms with Gasteiger partial charge in [-0.3, -0.25) is 0 Å². The van der Waals surface area contributed by atoms with Gasteiger partial charge in [-0.15, -0.1) is 0 Å². The molecule has 152 valence electrons. The van der Waals surface area contributed by atoms with Crippen LogP contribution in [0, 0.1) is 5.92 Å². The average Bonchev–Trinajstić information content (AvgIpc) is 3.08. The summed E-state index contributed by atoms with van der Waals surface area (Å²) in [7, 11) is -0.316. The minimum atomic E-state index is -0.283. The van der Waals surface area contributed by atoms with E-state index < -0.39 is 0 Å². The highest BCUT2D eigenvalue weighted by molar-refractivity contribution is 7.73. The molecule has 2 aromatic carbocycles. The molecule has 2 atom stereocenters. The lowest BCUT2D eigenvalue weighted by Crippen LogP contribution is -2.32. The normalized spacial score (nSPS) is 20.9. The molecular formula is C26H38P2. The van der Waals surface area contributed by atoms with Crippen molar-refractivity contribution in [2.45, 2.75) is 76.8 Å². The van der Waals surface area contributed by atoms with Gasteiger partial charge in [0.15, 0.2) is 0 Å². The van der Waals surface area contributed by atoms with Crippen molar-refractivity contribution in [3.8, 4) is 0 Å². The zero-order chi connectivity index (χ0) is 20.4. The van der Waals surface area contributed by atoms with Crippen LogP contribution in [0.3, 0.4) is 0 Å². The highest BCUT2D eigenvalue weighted by Crippen LogP contribution is 2.63. The second-order valence-corrected chi connectivity index (χ2v) is 16.6. The van der Waals surface area contributed by atoms with E-state index in [0.29, 0.717) is 10.3 Å². The van der Waals surface area contributed by atoms with E-state index in [4.69, 9.17) is 0 Å². The monoisotopic (exact) mass is 412 g/mol. The fourth-order valence-electron chi connectivity index (χ4n) is 5.07. The molecule has 2 heteroatoms. The molecule has 1 aliphatic carbocycles. The average molecular weight is 413 g/mol. The third kappa shape index (κ3) is 5.26. The highest BCUT2D eigenvalue weighted by atomic mass is 31.1. The molecule has 2 aromatic rings. The predicted octanol–water partition coefficient (Wildman–Crippen LogP) is 7.37. The van der Waals surface area contributed by atoms with Gasteiger partial charge in [-0.1, -0.05) is 117 Å². The second-order valence-electron chi connectivity index (χ2n) is 10.3. The van der Waals surface area contributed by atoms with Crippen LogP contribution in [0.4, 0.5) is 0 Å². The maximum absolute atomic E-state index is 2.48. The molecule has 1 saturated carbocycles. The molecule has 0 aromatic heterocycles. The van der Waals surface area contributed by atoms with Crippen LogP contribution in [-0.2, 0) is 0 Å². The molecule has 3 rings (SSSR count). The Bertz CT molecular complexity index is 671. The smallest absolute Gasteiger partial charge is 0.00971 e. The van der Waals surface area contributed by atoms with E-state index in [0.717, 1.165) is 11.6 Å². The molecule has 0 aliphatic heterocycles. The summed E-state index contributed by atoms with van der Waals surface area (Å²) in [6.45, 7) is 14.9. The van der Waals surface area contributed by atoms with E-state index in [1.807, 2.05) is 0 Å². The maximum Gasteiger partial charge on any atom is -0.00971 e. The lowest BCUT2D eigenvalue weighted by Gasteiger charge is -2.44. The molecule has 2 unspecified atom stereocenters. The Hall–Kier alpha value is -0.700. The standard InChI is InChI=1S/C26H38P2/c1-25(2,3)27(26(4,5)6)20-21-14-13-19-24(21)28(22-15-9-7-10-16-22)23-17-11-8-12-18-23/h7-12,15-18,21,24H,13-14,19-20H2,1-6H3. The molecule has 0 saturated heterocycles. The molecule has 0 amide bonds. The molecule has 0 bridgehead atoms. The third-order valence-corrected chi connectivity index (χ3v) is 13.2. The summed E-state index contributed by atoms with van der Waals surface area (Å²) >= 11 is 0. The second kappa shape index (κ2) is 8.98. The Morgan fingerprint density at radius 1 is 0.714 bits per heavy atom. The van der Waals surface area contributed by atoms with Crippen LogP contribution in [0.5, 0.6) is 0 Å². The van der Waals surface area contributed by atoms with E-state index in [-0.39, 0.29) is 15.8 Å². The van der Waals surface area contributed by atoms with Crippen molar-refractivity contribution in [2.75, 3.05) is 6.16 Å². The van der Waals surface area contributed by atoms with Crippen LogP contribution in [0.15, 0.2) is 60.7 Å². The quantitative estimate of drug-likeness (QED) is 0.450. The summed E-state index contributed by atoms with van der Waals surface area (Å²) in [6.07, 6.45) is 5.67. The van der Waals surface area contributed by atoms with Gasteiger partial charge in [-0.25, -0.2) is 0 Å². The molecule has 28 heavy (non-hydrogen) atoms. The lowest BCUT2D eigenvalue weighted by molar-refractivity contribution is 0.604. The van der Waals surface area contributed by atoms with Gasteiger partial charge in [-0.05, 0) is 59.4 Å². The summed E-state index contributed by atoms with van der Waals surface area (Å²) in [6, 6.07) is 22.8. The van der Waals surface area contributed by atoms with Crippen molar-refractivity contribution in [1.29, 1.82) is 0 Å². The number of hydrogen-bond acceptors (Lipinski definition) is 0. The first-order valence-electron chi connectivity index (χ1n) is 10.8. The van der Waals surface area contributed by atoms with E-state index in [9.17, 15) is 0 Å². The van der Waals surface area contributed by atoms with Crippen LogP contribution >= 0.6 is 15.8 Å².